The summed E-state index contributed by atoms with van der Waals surface area (Å²) < 4.78 is 2.45. The van der Waals surface area contributed by atoms with Crippen LogP contribution in [-0.2, 0) is 6.42 Å². The Kier molecular flexibility index (Phi) is 6.38. The van der Waals surface area contributed by atoms with E-state index in [2.05, 4.69) is 161 Å². The number of anilines is 1. The Bertz CT molecular complexity index is 2900. The molecule has 53 heavy (non-hydrogen) atoms. The van der Waals surface area contributed by atoms with Crippen LogP contribution in [0.15, 0.2) is 167 Å². The van der Waals surface area contributed by atoms with Crippen molar-refractivity contribution in [1.82, 2.24) is 4.57 Å². The second-order valence-electron chi connectivity index (χ2n) is 15.0. The molecule has 2 heterocycles. The van der Waals surface area contributed by atoms with Crippen molar-refractivity contribution >= 4 is 67.2 Å². The van der Waals surface area contributed by atoms with Crippen LogP contribution in [0.5, 0.6) is 0 Å². The zero-order valence-electron chi connectivity index (χ0n) is 29.3. The minimum atomic E-state index is 0.438. The highest BCUT2D eigenvalue weighted by Crippen LogP contribution is 2.56. The summed E-state index contributed by atoms with van der Waals surface area (Å²) in [6, 6.07) is 45.4. The SMILES string of the molecule is C1=Cc2cc3cccc4c3c(c2CC1)C1=CCCC(N(C2=CCC3C(=C2)Sc2ccccc23)c2ccc3c5ccccc5n(-c5ccccc5)c3c2)=C14. The maximum atomic E-state index is 2.65. The Balaban J connectivity index is 1.12. The van der Waals surface area contributed by atoms with Gasteiger partial charge in [-0.1, -0.05) is 115 Å². The summed E-state index contributed by atoms with van der Waals surface area (Å²) in [7, 11) is 0. The summed E-state index contributed by atoms with van der Waals surface area (Å²) >= 11 is 1.96. The van der Waals surface area contributed by atoms with E-state index in [1.54, 1.807) is 0 Å². The van der Waals surface area contributed by atoms with Crippen molar-refractivity contribution in [1.29, 1.82) is 0 Å². The number of aromatic nitrogens is 1. The van der Waals surface area contributed by atoms with Crippen LogP contribution >= 0.6 is 11.8 Å². The predicted molar refractivity (Wildman–Crippen MR) is 225 cm³/mol. The number of hydrogen-bond acceptors (Lipinski definition) is 2. The molecule has 0 saturated carbocycles. The van der Waals surface area contributed by atoms with Crippen LogP contribution in [0.25, 0.3) is 55.5 Å². The molecule has 1 aromatic heterocycles. The normalized spacial score (nSPS) is 18.1. The second-order valence-corrected chi connectivity index (χ2v) is 16.1. The van der Waals surface area contributed by atoms with Gasteiger partial charge in [0, 0.05) is 49.9 Å². The van der Waals surface area contributed by atoms with E-state index in [1.807, 2.05) is 11.8 Å². The van der Waals surface area contributed by atoms with Gasteiger partial charge in [-0.05, 0) is 130 Å². The fourth-order valence-corrected chi connectivity index (χ4v) is 11.2. The highest BCUT2D eigenvalue weighted by atomic mass is 32.2. The van der Waals surface area contributed by atoms with Crippen LogP contribution in [0.4, 0.5) is 5.69 Å². The largest absolute Gasteiger partial charge is 0.314 e. The van der Waals surface area contributed by atoms with Crippen molar-refractivity contribution in [3.05, 3.63) is 190 Å². The van der Waals surface area contributed by atoms with Crippen molar-refractivity contribution in [2.75, 3.05) is 4.90 Å². The van der Waals surface area contributed by atoms with Crippen LogP contribution in [-0.4, -0.2) is 4.57 Å². The molecule has 12 rings (SSSR count). The first kappa shape index (κ1) is 29.8. The maximum Gasteiger partial charge on any atom is 0.0561 e. The summed E-state index contributed by atoms with van der Waals surface area (Å²) in [6.45, 7) is 0. The second kappa shape index (κ2) is 11.4. The number of fused-ring (bicyclic) bond motifs is 11. The van der Waals surface area contributed by atoms with Crippen LogP contribution in [0.1, 0.15) is 59.4 Å². The summed E-state index contributed by atoms with van der Waals surface area (Å²) in [6.07, 6.45) is 17.5. The van der Waals surface area contributed by atoms with Gasteiger partial charge < -0.3 is 9.47 Å². The topological polar surface area (TPSA) is 8.17 Å². The number of nitrogens with zero attached hydrogens (tertiary/aromatic N) is 2. The molecule has 0 radical (unpaired) electrons. The molecule has 1 aliphatic heterocycles. The van der Waals surface area contributed by atoms with Gasteiger partial charge in [0.15, 0.2) is 0 Å². The fraction of sp³-hybridized carbons (Fsp3) is 0.120. The molecule has 7 aromatic rings. The van der Waals surface area contributed by atoms with Gasteiger partial charge in [0.05, 0.1) is 11.0 Å². The molecule has 0 saturated heterocycles. The van der Waals surface area contributed by atoms with E-state index in [9.17, 15) is 0 Å². The van der Waals surface area contributed by atoms with E-state index in [0.717, 1.165) is 32.1 Å². The highest BCUT2D eigenvalue weighted by Gasteiger charge is 2.36. The average molecular weight is 697 g/mol. The van der Waals surface area contributed by atoms with Crippen molar-refractivity contribution in [2.45, 2.75) is 42.9 Å². The van der Waals surface area contributed by atoms with Gasteiger partial charge in [0.25, 0.3) is 0 Å². The molecule has 5 aliphatic rings. The zero-order chi connectivity index (χ0) is 34.6. The van der Waals surface area contributed by atoms with E-state index in [1.165, 1.54) is 104 Å². The smallest absolute Gasteiger partial charge is 0.0561 e. The van der Waals surface area contributed by atoms with E-state index in [4.69, 9.17) is 0 Å². The molecule has 0 bridgehead atoms. The van der Waals surface area contributed by atoms with E-state index < -0.39 is 0 Å². The van der Waals surface area contributed by atoms with Gasteiger partial charge in [-0.3, -0.25) is 0 Å². The minimum Gasteiger partial charge on any atom is -0.314 e. The molecular formula is C50H36N2S. The Morgan fingerprint density at radius 2 is 1.58 bits per heavy atom. The Morgan fingerprint density at radius 3 is 2.55 bits per heavy atom. The molecule has 4 aliphatic carbocycles. The van der Waals surface area contributed by atoms with Gasteiger partial charge in [-0.25, -0.2) is 0 Å². The molecule has 0 N–H and O–H groups in total. The minimum absolute atomic E-state index is 0.438. The number of para-hydroxylation sites is 2. The van der Waals surface area contributed by atoms with Gasteiger partial charge in [0.1, 0.15) is 0 Å². The summed E-state index contributed by atoms with van der Waals surface area (Å²) in [5.74, 6) is 0.438. The number of hydrogen-bond donors (Lipinski definition) is 0. The summed E-state index contributed by atoms with van der Waals surface area (Å²) in [5, 5.41) is 5.37. The standard InChI is InChI=1S/C50H36N2S/c1-2-14-33(15-3-1)52-43-21-8-6-17-37(43)38-26-24-34(29-45(38)52)51(35-25-27-40-39-18-7-9-23-46(39)53-47(40)30-35)44-22-11-20-42-49(44)41-19-10-13-32-28-31-12-4-5-16-36(31)50(42)48(32)41/h1-4,6-10,12-15,17-21,23-26,28-30,40H,5,11,16,22,27H2. The molecular weight excluding hydrogens is 661 g/mol. The Morgan fingerprint density at radius 1 is 0.717 bits per heavy atom. The lowest BCUT2D eigenvalue weighted by molar-refractivity contribution is 0.815. The van der Waals surface area contributed by atoms with Crippen molar-refractivity contribution in [3.63, 3.8) is 0 Å². The number of benzene rings is 6. The first-order valence-corrected chi connectivity index (χ1v) is 19.9. The van der Waals surface area contributed by atoms with Gasteiger partial charge in [-0.15, -0.1) is 0 Å². The summed E-state index contributed by atoms with van der Waals surface area (Å²) in [5.41, 5.74) is 17.7. The van der Waals surface area contributed by atoms with E-state index in [0.29, 0.717) is 5.92 Å². The van der Waals surface area contributed by atoms with Crippen LogP contribution in [0.3, 0.4) is 0 Å². The van der Waals surface area contributed by atoms with Crippen molar-refractivity contribution in [2.24, 2.45) is 0 Å². The van der Waals surface area contributed by atoms with Crippen molar-refractivity contribution in [3.8, 4) is 5.69 Å². The number of rotatable bonds is 4. The third-order valence-corrected chi connectivity index (χ3v) is 13.4. The first-order chi connectivity index (χ1) is 26.3. The lowest BCUT2D eigenvalue weighted by atomic mass is 9.85. The third kappa shape index (κ3) is 4.29. The van der Waals surface area contributed by atoms with Crippen LogP contribution in [0.2, 0.25) is 0 Å². The molecule has 0 amide bonds. The molecule has 2 nitrogen and oxygen atoms in total. The third-order valence-electron chi connectivity index (χ3n) is 12.2. The maximum absolute atomic E-state index is 2.65. The molecule has 0 spiro atoms. The predicted octanol–water partition coefficient (Wildman–Crippen LogP) is 13.4. The fourth-order valence-electron chi connectivity index (χ4n) is 9.97. The Hall–Kier alpha value is -5.77. The molecule has 1 atom stereocenters. The lowest BCUT2D eigenvalue weighted by Crippen LogP contribution is -2.25. The van der Waals surface area contributed by atoms with E-state index in [-0.39, 0.29) is 0 Å². The van der Waals surface area contributed by atoms with Crippen LogP contribution in [0, 0.1) is 0 Å². The summed E-state index contributed by atoms with van der Waals surface area (Å²) in [4.78, 5) is 5.52. The number of allylic oxidation sites excluding steroid dienone is 8. The molecule has 0 fully saturated rings. The highest BCUT2D eigenvalue weighted by molar-refractivity contribution is 8.03. The quantitative estimate of drug-likeness (QED) is 0.181. The molecule has 3 heteroatoms. The molecule has 6 aromatic carbocycles. The van der Waals surface area contributed by atoms with E-state index >= 15 is 0 Å². The zero-order valence-corrected chi connectivity index (χ0v) is 30.2. The van der Waals surface area contributed by atoms with Crippen LogP contribution < -0.4 is 4.90 Å². The number of thioether (sulfide) groups is 1. The molecule has 252 valence electrons. The Labute approximate surface area is 313 Å². The monoisotopic (exact) mass is 696 g/mol. The molecule has 1 unspecified atom stereocenters. The van der Waals surface area contributed by atoms with Gasteiger partial charge in [0.2, 0.25) is 0 Å². The lowest BCUT2D eigenvalue weighted by Gasteiger charge is -2.35. The van der Waals surface area contributed by atoms with Gasteiger partial charge in [-0.2, -0.15) is 0 Å². The van der Waals surface area contributed by atoms with Gasteiger partial charge >= 0.3 is 0 Å². The average Bonchev–Trinajstić information content (AvgIpc) is 3.87. The first-order valence-electron chi connectivity index (χ1n) is 19.1. The van der Waals surface area contributed by atoms with Crippen molar-refractivity contribution < 1.29 is 0 Å².